The third-order valence-corrected chi connectivity index (χ3v) is 3.41. The van der Waals surface area contributed by atoms with Gasteiger partial charge in [0.2, 0.25) is 0 Å². The second-order valence-electron chi connectivity index (χ2n) is 4.88. The van der Waals surface area contributed by atoms with Crippen LogP contribution in [0.15, 0.2) is 54.7 Å². The van der Waals surface area contributed by atoms with Crippen molar-refractivity contribution >= 4 is 46.6 Å². The molecule has 0 unspecified atom stereocenters. The molecule has 0 aliphatic carbocycles. The fraction of sp³-hybridized carbons (Fsp3) is 0. The van der Waals surface area contributed by atoms with Gasteiger partial charge >= 0.3 is 11.9 Å². The van der Waals surface area contributed by atoms with Crippen molar-refractivity contribution in [3.8, 4) is 0 Å². The lowest BCUT2D eigenvalue weighted by molar-refractivity contribution is 0.0686. The molecule has 1 heterocycles. The van der Waals surface area contributed by atoms with E-state index in [9.17, 15) is 14.7 Å². The molecule has 3 aromatic rings. The largest absolute Gasteiger partial charge is 0.478 e. The van der Waals surface area contributed by atoms with Gasteiger partial charge < -0.3 is 15.5 Å². The normalized spacial score (nSPS) is 10.0. The Morgan fingerprint density at radius 3 is 2.21 bits per heavy atom. The van der Waals surface area contributed by atoms with E-state index in [0.29, 0.717) is 22.3 Å². The molecule has 7 heteroatoms. The number of carboxylic acids is 2. The zero-order chi connectivity index (χ0) is 16.4. The van der Waals surface area contributed by atoms with Crippen LogP contribution in [0.4, 0.5) is 11.4 Å². The van der Waals surface area contributed by atoms with Crippen LogP contribution in [0, 0.1) is 0 Å². The summed E-state index contributed by atoms with van der Waals surface area (Å²) in [7, 11) is 0. The fourth-order valence-corrected chi connectivity index (χ4v) is 2.28. The Morgan fingerprint density at radius 2 is 1.58 bits per heavy atom. The second kappa shape index (κ2) is 6.97. The van der Waals surface area contributed by atoms with Crippen LogP contribution in [0.5, 0.6) is 0 Å². The number of pyridine rings is 1. The molecule has 6 nitrogen and oxygen atoms in total. The smallest absolute Gasteiger partial charge is 0.339 e. The van der Waals surface area contributed by atoms with E-state index in [1.165, 1.54) is 18.3 Å². The first-order valence-corrected chi connectivity index (χ1v) is 6.77. The number of hydrogen-bond acceptors (Lipinski definition) is 4. The molecule has 3 rings (SSSR count). The van der Waals surface area contributed by atoms with Crippen molar-refractivity contribution < 1.29 is 19.8 Å². The molecule has 0 saturated carbocycles. The molecule has 0 radical (unpaired) electrons. The van der Waals surface area contributed by atoms with Gasteiger partial charge in [-0.1, -0.05) is 18.2 Å². The van der Waals surface area contributed by atoms with E-state index in [-0.39, 0.29) is 23.5 Å². The van der Waals surface area contributed by atoms with E-state index < -0.39 is 11.9 Å². The van der Waals surface area contributed by atoms with Crippen molar-refractivity contribution in [1.29, 1.82) is 0 Å². The first-order chi connectivity index (χ1) is 11.1. The van der Waals surface area contributed by atoms with Crippen molar-refractivity contribution in [2.75, 3.05) is 5.32 Å². The SMILES string of the molecule is Cl.O=C(O)c1ccc(Nc2c(C(=O)O)cnc3ccccc23)cc1. The van der Waals surface area contributed by atoms with Gasteiger partial charge in [0.15, 0.2) is 0 Å². The summed E-state index contributed by atoms with van der Waals surface area (Å²) in [6.07, 6.45) is 1.30. The molecule has 0 bridgehead atoms. The lowest BCUT2D eigenvalue weighted by atomic mass is 10.1. The van der Waals surface area contributed by atoms with Crippen LogP contribution in [0.2, 0.25) is 0 Å². The molecule has 3 N–H and O–H groups in total. The molecule has 0 aliphatic heterocycles. The lowest BCUT2D eigenvalue weighted by Crippen LogP contribution is -2.05. The van der Waals surface area contributed by atoms with Gasteiger partial charge in [-0.05, 0) is 30.3 Å². The Morgan fingerprint density at radius 1 is 0.917 bits per heavy atom. The number of para-hydroxylation sites is 1. The first-order valence-electron chi connectivity index (χ1n) is 6.77. The average molecular weight is 345 g/mol. The Kier molecular flexibility index (Phi) is 5.01. The standard InChI is InChI=1S/C17H12N2O4.ClH/c20-16(21)10-5-7-11(8-6-10)19-15-12-3-1-2-4-14(12)18-9-13(15)17(22)23;/h1-9H,(H,18,19)(H,20,21)(H,22,23);1H. The van der Waals surface area contributed by atoms with Crippen LogP contribution in [-0.2, 0) is 0 Å². The van der Waals surface area contributed by atoms with Crippen LogP contribution < -0.4 is 5.32 Å². The number of carboxylic acid groups (broad SMARTS) is 2. The van der Waals surface area contributed by atoms with E-state index in [1.54, 1.807) is 30.3 Å². The fourth-order valence-electron chi connectivity index (χ4n) is 2.28. The molecule has 122 valence electrons. The third kappa shape index (κ3) is 3.28. The number of aromatic carboxylic acids is 2. The quantitative estimate of drug-likeness (QED) is 0.665. The number of benzene rings is 2. The first kappa shape index (κ1) is 17.2. The maximum atomic E-state index is 11.4. The van der Waals surface area contributed by atoms with Crippen molar-refractivity contribution in [2.24, 2.45) is 0 Å². The molecule has 0 spiro atoms. The Balaban J connectivity index is 0.00000208. The van der Waals surface area contributed by atoms with Crippen LogP contribution in [0.1, 0.15) is 20.7 Å². The van der Waals surface area contributed by atoms with Gasteiger partial charge in [-0.2, -0.15) is 0 Å². The van der Waals surface area contributed by atoms with Gasteiger partial charge in [-0.3, -0.25) is 4.98 Å². The minimum absolute atomic E-state index is 0. The Bertz CT molecular complexity index is 910. The highest BCUT2D eigenvalue weighted by molar-refractivity contribution is 6.05. The molecule has 0 saturated heterocycles. The van der Waals surface area contributed by atoms with Gasteiger partial charge in [-0.15, -0.1) is 12.4 Å². The van der Waals surface area contributed by atoms with Crippen LogP contribution in [0.25, 0.3) is 10.9 Å². The summed E-state index contributed by atoms with van der Waals surface area (Å²) in [5.41, 5.74) is 1.89. The van der Waals surface area contributed by atoms with Gasteiger partial charge in [0.05, 0.1) is 16.8 Å². The molecular formula is C17H13ClN2O4. The van der Waals surface area contributed by atoms with Crippen LogP contribution >= 0.6 is 12.4 Å². The van der Waals surface area contributed by atoms with E-state index in [2.05, 4.69) is 10.3 Å². The minimum atomic E-state index is -1.09. The van der Waals surface area contributed by atoms with Gasteiger partial charge in [0.1, 0.15) is 5.56 Å². The van der Waals surface area contributed by atoms with E-state index in [1.807, 2.05) is 6.07 Å². The molecule has 0 aliphatic rings. The van der Waals surface area contributed by atoms with Crippen LogP contribution in [-0.4, -0.2) is 27.1 Å². The number of rotatable bonds is 4. The van der Waals surface area contributed by atoms with Gasteiger partial charge in [-0.25, -0.2) is 9.59 Å². The zero-order valence-corrected chi connectivity index (χ0v) is 13.1. The monoisotopic (exact) mass is 344 g/mol. The van der Waals surface area contributed by atoms with Gasteiger partial charge in [0, 0.05) is 17.3 Å². The van der Waals surface area contributed by atoms with Crippen LogP contribution in [0.3, 0.4) is 0 Å². The molecular weight excluding hydrogens is 332 g/mol. The predicted molar refractivity (Wildman–Crippen MR) is 92.6 cm³/mol. The maximum Gasteiger partial charge on any atom is 0.339 e. The molecule has 0 atom stereocenters. The Labute approximate surface area is 143 Å². The molecule has 0 fully saturated rings. The summed E-state index contributed by atoms with van der Waals surface area (Å²) < 4.78 is 0. The summed E-state index contributed by atoms with van der Waals surface area (Å²) >= 11 is 0. The highest BCUT2D eigenvalue weighted by Gasteiger charge is 2.14. The number of nitrogens with one attached hydrogen (secondary N) is 1. The zero-order valence-electron chi connectivity index (χ0n) is 12.3. The summed E-state index contributed by atoms with van der Waals surface area (Å²) in [5, 5.41) is 22.0. The van der Waals surface area contributed by atoms with Crippen molar-refractivity contribution in [2.45, 2.75) is 0 Å². The number of fused-ring (bicyclic) bond motifs is 1. The maximum absolute atomic E-state index is 11.4. The average Bonchev–Trinajstić information content (AvgIpc) is 2.55. The number of nitrogens with zero attached hydrogens (tertiary/aromatic N) is 1. The highest BCUT2D eigenvalue weighted by Crippen LogP contribution is 2.29. The predicted octanol–water partition coefficient (Wildman–Crippen LogP) is 3.80. The number of halogens is 1. The topological polar surface area (TPSA) is 99.5 Å². The number of anilines is 2. The summed E-state index contributed by atoms with van der Waals surface area (Å²) in [6, 6.07) is 13.3. The molecule has 24 heavy (non-hydrogen) atoms. The highest BCUT2D eigenvalue weighted by atomic mass is 35.5. The van der Waals surface area contributed by atoms with Crippen molar-refractivity contribution in [3.05, 3.63) is 65.9 Å². The molecule has 2 aromatic carbocycles. The lowest BCUT2D eigenvalue weighted by Gasteiger charge is -2.12. The van der Waals surface area contributed by atoms with Crippen molar-refractivity contribution in [3.63, 3.8) is 0 Å². The third-order valence-electron chi connectivity index (χ3n) is 3.41. The second-order valence-corrected chi connectivity index (χ2v) is 4.88. The summed E-state index contributed by atoms with van der Waals surface area (Å²) in [5.74, 6) is -2.11. The van der Waals surface area contributed by atoms with Gasteiger partial charge in [0.25, 0.3) is 0 Å². The number of carbonyl (C=O) groups is 2. The van der Waals surface area contributed by atoms with Crippen molar-refractivity contribution in [1.82, 2.24) is 4.98 Å². The number of hydrogen-bond donors (Lipinski definition) is 3. The summed E-state index contributed by atoms with van der Waals surface area (Å²) in [4.78, 5) is 26.5. The minimum Gasteiger partial charge on any atom is -0.478 e. The van der Waals surface area contributed by atoms with E-state index in [4.69, 9.17) is 5.11 Å². The summed E-state index contributed by atoms with van der Waals surface area (Å²) in [6.45, 7) is 0. The molecule has 0 amide bonds. The van der Waals surface area contributed by atoms with E-state index >= 15 is 0 Å². The Hall–Kier alpha value is -3.12. The number of aromatic nitrogens is 1. The van der Waals surface area contributed by atoms with E-state index in [0.717, 1.165) is 0 Å². The molecule has 1 aromatic heterocycles.